The lowest BCUT2D eigenvalue weighted by molar-refractivity contribution is 0.489. The van der Waals surface area contributed by atoms with Crippen molar-refractivity contribution < 1.29 is 0 Å². The number of aryl methyl sites for hydroxylation is 2. The average molecular weight is 224 g/mol. The highest BCUT2D eigenvalue weighted by molar-refractivity contribution is 7.11. The van der Waals surface area contributed by atoms with Crippen LogP contribution in [0.4, 0.5) is 0 Å². The molecule has 0 saturated heterocycles. The van der Waals surface area contributed by atoms with Crippen LogP contribution in [-0.4, -0.2) is 11.0 Å². The molecule has 0 bridgehead atoms. The van der Waals surface area contributed by atoms with Gasteiger partial charge in [0.2, 0.25) is 0 Å². The molecule has 2 rings (SSSR count). The Morgan fingerprint density at radius 3 is 2.73 bits per heavy atom. The van der Waals surface area contributed by atoms with Gasteiger partial charge in [0.15, 0.2) is 0 Å². The van der Waals surface area contributed by atoms with Crippen molar-refractivity contribution >= 4 is 11.3 Å². The minimum atomic E-state index is 0.652. The van der Waals surface area contributed by atoms with Crippen molar-refractivity contribution in [2.24, 2.45) is 5.92 Å². The number of thiazole rings is 1. The first-order valence-corrected chi connectivity index (χ1v) is 6.63. The normalized spacial score (nSPS) is 18.1. The molecule has 1 aliphatic carbocycles. The average Bonchev–Trinajstić information content (AvgIpc) is 2.89. The quantitative estimate of drug-likeness (QED) is 0.831. The van der Waals surface area contributed by atoms with Gasteiger partial charge < -0.3 is 5.32 Å². The number of nitrogens with one attached hydrogen (secondary N) is 1. The second kappa shape index (κ2) is 4.62. The maximum Gasteiger partial charge on any atom is 0.0900 e. The van der Waals surface area contributed by atoms with Crippen molar-refractivity contribution in [2.75, 3.05) is 0 Å². The first-order valence-electron chi connectivity index (χ1n) is 5.81. The molecular weight excluding hydrogens is 204 g/mol. The summed E-state index contributed by atoms with van der Waals surface area (Å²) < 4.78 is 0. The third kappa shape index (κ3) is 3.28. The van der Waals surface area contributed by atoms with Gasteiger partial charge in [-0.1, -0.05) is 12.8 Å². The minimum absolute atomic E-state index is 0.652. The highest BCUT2D eigenvalue weighted by Crippen LogP contribution is 2.33. The molecule has 2 nitrogen and oxygen atoms in total. The molecule has 3 heteroatoms. The molecular formula is C12H20N2S. The van der Waals surface area contributed by atoms with Crippen LogP contribution in [0.25, 0.3) is 0 Å². The van der Waals surface area contributed by atoms with Crippen LogP contribution in [-0.2, 0) is 6.54 Å². The molecule has 1 aliphatic rings. The monoisotopic (exact) mass is 224 g/mol. The van der Waals surface area contributed by atoms with Crippen LogP contribution in [0, 0.1) is 19.8 Å². The van der Waals surface area contributed by atoms with E-state index in [2.05, 4.69) is 31.1 Å². The third-order valence-electron chi connectivity index (χ3n) is 2.99. The highest BCUT2D eigenvalue weighted by Gasteiger charge is 2.23. The molecule has 1 N–H and O–H groups in total. The standard InChI is InChI=1S/C12H20N2S/c1-8(6-11-4-5-11)13-7-12-9(2)14-10(3)15-12/h8,11,13H,4-7H2,1-3H3. The van der Waals surface area contributed by atoms with Crippen molar-refractivity contribution in [3.05, 3.63) is 15.6 Å². The van der Waals surface area contributed by atoms with Crippen LogP contribution >= 0.6 is 11.3 Å². The molecule has 1 heterocycles. The van der Waals surface area contributed by atoms with E-state index in [4.69, 9.17) is 0 Å². The largest absolute Gasteiger partial charge is 0.309 e. The third-order valence-corrected chi connectivity index (χ3v) is 4.07. The summed E-state index contributed by atoms with van der Waals surface area (Å²) in [6, 6.07) is 0.652. The summed E-state index contributed by atoms with van der Waals surface area (Å²) in [5.41, 5.74) is 1.20. The Hall–Kier alpha value is -0.410. The summed E-state index contributed by atoms with van der Waals surface area (Å²) in [5.74, 6) is 1.01. The van der Waals surface area contributed by atoms with Gasteiger partial charge in [0.25, 0.3) is 0 Å². The van der Waals surface area contributed by atoms with Gasteiger partial charge in [-0.05, 0) is 33.1 Å². The molecule has 1 unspecified atom stereocenters. The van der Waals surface area contributed by atoms with E-state index in [1.165, 1.54) is 34.8 Å². The second-order valence-corrected chi connectivity index (χ2v) is 5.99. The summed E-state index contributed by atoms with van der Waals surface area (Å²) in [7, 11) is 0. The zero-order valence-electron chi connectivity index (χ0n) is 9.84. The molecule has 1 aromatic rings. The fraction of sp³-hybridized carbons (Fsp3) is 0.750. The summed E-state index contributed by atoms with van der Waals surface area (Å²) >= 11 is 1.82. The Morgan fingerprint density at radius 2 is 2.20 bits per heavy atom. The van der Waals surface area contributed by atoms with Crippen molar-refractivity contribution in [2.45, 2.75) is 52.6 Å². The number of hydrogen-bond donors (Lipinski definition) is 1. The molecule has 1 aromatic heterocycles. The second-order valence-electron chi connectivity index (χ2n) is 4.70. The predicted molar refractivity (Wildman–Crippen MR) is 65.2 cm³/mol. The molecule has 15 heavy (non-hydrogen) atoms. The molecule has 0 aliphatic heterocycles. The lowest BCUT2D eigenvalue weighted by Gasteiger charge is -2.12. The van der Waals surface area contributed by atoms with E-state index in [0.29, 0.717) is 6.04 Å². The zero-order chi connectivity index (χ0) is 10.8. The van der Waals surface area contributed by atoms with Crippen LogP contribution in [0.2, 0.25) is 0 Å². The van der Waals surface area contributed by atoms with Crippen LogP contribution in [0.3, 0.4) is 0 Å². The molecule has 1 saturated carbocycles. The van der Waals surface area contributed by atoms with Crippen molar-refractivity contribution in [1.82, 2.24) is 10.3 Å². The summed E-state index contributed by atoms with van der Waals surface area (Å²) in [6.45, 7) is 7.47. The van der Waals surface area contributed by atoms with E-state index in [-0.39, 0.29) is 0 Å². The van der Waals surface area contributed by atoms with Crippen LogP contribution in [0.5, 0.6) is 0 Å². The topological polar surface area (TPSA) is 24.9 Å². The molecule has 1 atom stereocenters. The first-order chi connectivity index (χ1) is 7.15. The summed E-state index contributed by atoms with van der Waals surface area (Å²) in [6.07, 6.45) is 4.24. The van der Waals surface area contributed by atoms with Crippen LogP contribution < -0.4 is 5.32 Å². The minimum Gasteiger partial charge on any atom is -0.309 e. The van der Waals surface area contributed by atoms with Gasteiger partial charge in [0.05, 0.1) is 10.7 Å². The molecule has 1 fully saturated rings. The fourth-order valence-corrected chi connectivity index (χ4v) is 2.83. The van der Waals surface area contributed by atoms with E-state index >= 15 is 0 Å². The van der Waals surface area contributed by atoms with Crippen LogP contribution in [0.1, 0.15) is 41.8 Å². The molecule has 0 radical (unpaired) electrons. The van der Waals surface area contributed by atoms with E-state index in [0.717, 1.165) is 12.5 Å². The van der Waals surface area contributed by atoms with Gasteiger partial charge in [0.1, 0.15) is 0 Å². The maximum atomic E-state index is 4.44. The van der Waals surface area contributed by atoms with Crippen molar-refractivity contribution in [3.8, 4) is 0 Å². The van der Waals surface area contributed by atoms with Gasteiger partial charge >= 0.3 is 0 Å². The predicted octanol–water partition coefficient (Wildman–Crippen LogP) is 3.04. The molecule has 0 aromatic carbocycles. The van der Waals surface area contributed by atoms with E-state index in [1.54, 1.807) is 0 Å². The first kappa shape index (κ1) is 11.1. The Kier molecular flexibility index (Phi) is 3.42. The van der Waals surface area contributed by atoms with E-state index in [9.17, 15) is 0 Å². The highest BCUT2D eigenvalue weighted by atomic mass is 32.1. The smallest absolute Gasteiger partial charge is 0.0900 e. The summed E-state index contributed by atoms with van der Waals surface area (Å²) in [5, 5.41) is 4.77. The number of nitrogens with zero attached hydrogens (tertiary/aromatic N) is 1. The molecule has 84 valence electrons. The SMILES string of the molecule is Cc1nc(C)c(CNC(C)CC2CC2)s1. The lowest BCUT2D eigenvalue weighted by Crippen LogP contribution is -2.25. The maximum absolute atomic E-state index is 4.44. The van der Waals surface area contributed by atoms with Crippen molar-refractivity contribution in [1.29, 1.82) is 0 Å². The zero-order valence-corrected chi connectivity index (χ0v) is 10.7. The Balaban J connectivity index is 1.78. The van der Waals surface area contributed by atoms with Gasteiger partial charge in [-0.2, -0.15) is 0 Å². The molecule has 0 spiro atoms. The summed E-state index contributed by atoms with van der Waals surface area (Å²) in [4.78, 5) is 5.84. The lowest BCUT2D eigenvalue weighted by atomic mass is 10.1. The fourth-order valence-electron chi connectivity index (χ4n) is 1.94. The van der Waals surface area contributed by atoms with Gasteiger partial charge in [-0.15, -0.1) is 11.3 Å². The Morgan fingerprint density at radius 1 is 1.47 bits per heavy atom. The van der Waals surface area contributed by atoms with Gasteiger partial charge in [-0.25, -0.2) is 4.98 Å². The van der Waals surface area contributed by atoms with Gasteiger partial charge in [-0.3, -0.25) is 0 Å². The number of aromatic nitrogens is 1. The van der Waals surface area contributed by atoms with Crippen molar-refractivity contribution in [3.63, 3.8) is 0 Å². The number of hydrogen-bond acceptors (Lipinski definition) is 3. The Bertz CT molecular complexity index is 328. The van der Waals surface area contributed by atoms with E-state index < -0.39 is 0 Å². The molecule has 0 amide bonds. The Labute approximate surface area is 96.1 Å². The van der Waals surface area contributed by atoms with Gasteiger partial charge in [0, 0.05) is 17.5 Å². The van der Waals surface area contributed by atoms with E-state index in [1.807, 2.05) is 11.3 Å². The number of rotatable bonds is 5. The van der Waals surface area contributed by atoms with Crippen LogP contribution in [0.15, 0.2) is 0 Å².